The van der Waals surface area contributed by atoms with Gasteiger partial charge in [0, 0.05) is 43.2 Å². The predicted molar refractivity (Wildman–Crippen MR) is 123 cm³/mol. The van der Waals surface area contributed by atoms with Crippen molar-refractivity contribution in [3.8, 4) is 5.75 Å². The van der Waals surface area contributed by atoms with Crippen molar-refractivity contribution in [3.63, 3.8) is 0 Å². The highest BCUT2D eigenvalue weighted by atomic mass is 19.1. The Labute approximate surface area is 189 Å². The summed E-state index contributed by atoms with van der Waals surface area (Å²) in [5, 5.41) is 0. The van der Waals surface area contributed by atoms with Gasteiger partial charge >= 0.3 is 0 Å². The van der Waals surface area contributed by atoms with Gasteiger partial charge in [-0.3, -0.25) is 9.59 Å². The van der Waals surface area contributed by atoms with E-state index in [9.17, 15) is 14.0 Å². The third kappa shape index (κ3) is 3.98. The van der Waals surface area contributed by atoms with E-state index in [1.807, 2.05) is 25.2 Å². The van der Waals surface area contributed by atoms with Crippen LogP contribution in [-0.4, -0.2) is 43.5 Å². The highest BCUT2D eigenvalue weighted by Gasteiger charge is 2.56. The summed E-state index contributed by atoms with van der Waals surface area (Å²) in [6.07, 6.45) is 1.59. The van der Waals surface area contributed by atoms with Gasteiger partial charge in [-0.1, -0.05) is 32.0 Å². The number of benzene rings is 2. The van der Waals surface area contributed by atoms with Crippen LogP contribution in [0.25, 0.3) is 0 Å². The number of ether oxygens (including phenoxy) is 1. The number of carbonyl (C=O) groups is 2. The van der Waals surface area contributed by atoms with E-state index in [0.29, 0.717) is 31.2 Å². The zero-order chi connectivity index (χ0) is 23.0. The minimum atomic E-state index is -0.423. The molecule has 0 radical (unpaired) electrons. The first-order valence-corrected chi connectivity index (χ1v) is 11.3. The second-order valence-electron chi connectivity index (χ2n) is 9.45. The molecule has 1 saturated heterocycles. The molecule has 1 aliphatic carbocycles. The molecule has 6 heteroatoms. The normalized spacial score (nSPS) is 17.1. The lowest BCUT2D eigenvalue weighted by molar-refractivity contribution is -0.137. The first-order chi connectivity index (χ1) is 15.2. The molecule has 0 aromatic heterocycles. The van der Waals surface area contributed by atoms with Gasteiger partial charge in [0.1, 0.15) is 11.6 Å². The van der Waals surface area contributed by atoms with Crippen LogP contribution in [0.4, 0.5) is 10.1 Å². The number of para-hydroxylation sites is 1. The molecule has 0 N–H and O–H groups in total. The molecular formula is C26H31FN2O3. The summed E-state index contributed by atoms with van der Waals surface area (Å²) in [6.45, 7) is 7.70. The van der Waals surface area contributed by atoms with Crippen molar-refractivity contribution in [3.05, 3.63) is 59.4 Å². The van der Waals surface area contributed by atoms with Crippen molar-refractivity contribution >= 4 is 17.5 Å². The highest BCUT2D eigenvalue weighted by molar-refractivity contribution is 5.98. The average molecular weight is 439 g/mol. The van der Waals surface area contributed by atoms with Crippen molar-refractivity contribution in [2.24, 2.45) is 11.3 Å². The van der Waals surface area contributed by atoms with Crippen LogP contribution in [0.15, 0.2) is 42.5 Å². The Bertz CT molecular complexity index is 1020. The molecule has 0 bridgehead atoms. The molecule has 32 heavy (non-hydrogen) atoms. The lowest BCUT2D eigenvalue weighted by Gasteiger charge is -2.58. The smallest absolute Gasteiger partial charge is 0.257 e. The van der Waals surface area contributed by atoms with E-state index in [1.54, 1.807) is 16.7 Å². The molecule has 2 amide bonds. The van der Waals surface area contributed by atoms with Crippen LogP contribution in [0.1, 0.15) is 55.5 Å². The first-order valence-electron chi connectivity index (χ1n) is 11.3. The molecule has 0 atom stereocenters. The van der Waals surface area contributed by atoms with Gasteiger partial charge in [0.15, 0.2) is 0 Å². The number of halogens is 1. The molecule has 2 aromatic rings. The van der Waals surface area contributed by atoms with E-state index in [4.69, 9.17) is 4.74 Å². The average Bonchev–Trinajstić information content (AvgIpc) is 2.71. The van der Waals surface area contributed by atoms with Crippen molar-refractivity contribution in [1.82, 2.24) is 4.90 Å². The van der Waals surface area contributed by atoms with Gasteiger partial charge in [0.05, 0.1) is 12.2 Å². The Morgan fingerprint density at radius 2 is 1.88 bits per heavy atom. The van der Waals surface area contributed by atoms with Crippen molar-refractivity contribution in [2.45, 2.75) is 39.5 Å². The topological polar surface area (TPSA) is 49.9 Å². The monoisotopic (exact) mass is 438 g/mol. The standard InChI is InChI=1S/C26H31FN2O3/c1-5-32-23-12-19(27)10-11-21(23)25(31)29-15-26(16-29)13-18(14-26)24(30)28(4)22-9-7-6-8-20(22)17(2)3/h6-12,17-18H,5,13-16H2,1-4H3. The molecule has 5 nitrogen and oxygen atoms in total. The quantitative estimate of drug-likeness (QED) is 0.647. The largest absolute Gasteiger partial charge is 0.493 e. The molecule has 1 aliphatic heterocycles. The van der Waals surface area contributed by atoms with E-state index in [0.717, 1.165) is 18.5 Å². The van der Waals surface area contributed by atoms with Crippen LogP contribution in [0.5, 0.6) is 5.75 Å². The summed E-state index contributed by atoms with van der Waals surface area (Å²) in [5.74, 6) is 0.192. The number of anilines is 1. The highest BCUT2D eigenvalue weighted by Crippen LogP contribution is 2.53. The van der Waals surface area contributed by atoms with Crippen molar-refractivity contribution < 1.29 is 18.7 Å². The molecule has 4 rings (SSSR count). The Hall–Kier alpha value is -2.89. The molecule has 1 saturated carbocycles. The van der Waals surface area contributed by atoms with Crippen LogP contribution < -0.4 is 9.64 Å². The summed E-state index contributed by atoms with van der Waals surface area (Å²) in [5.41, 5.74) is 2.56. The maximum Gasteiger partial charge on any atom is 0.257 e. The number of likely N-dealkylation sites (tertiary alicyclic amines) is 1. The van der Waals surface area contributed by atoms with E-state index >= 15 is 0 Å². The Balaban J connectivity index is 1.36. The van der Waals surface area contributed by atoms with Gasteiger partial charge in [-0.2, -0.15) is 0 Å². The van der Waals surface area contributed by atoms with Crippen LogP contribution in [0.2, 0.25) is 0 Å². The molecule has 2 aromatic carbocycles. The maximum absolute atomic E-state index is 13.6. The molecular weight excluding hydrogens is 407 g/mol. The number of carbonyl (C=O) groups excluding carboxylic acids is 2. The second kappa shape index (κ2) is 8.57. The van der Waals surface area contributed by atoms with Crippen molar-refractivity contribution in [1.29, 1.82) is 0 Å². The number of nitrogens with zero attached hydrogens (tertiary/aromatic N) is 2. The predicted octanol–water partition coefficient (Wildman–Crippen LogP) is 4.86. The van der Waals surface area contributed by atoms with Crippen LogP contribution >= 0.6 is 0 Å². The first kappa shape index (κ1) is 22.3. The third-order valence-corrected chi connectivity index (χ3v) is 6.77. The fourth-order valence-corrected chi connectivity index (χ4v) is 5.12. The number of amides is 2. The van der Waals surface area contributed by atoms with Gasteiger partial charge in [0.25, 0.3) is 5.91 Å². The summed E-state index contributed by atoms with van der Waals surface area (Å²) < 4.78 is 19.0. The maximum atomic E-state index is 13.6. The molecule has 2 aliphatic rings. The summed E-state index contributed by atoms with van der Waals surface area (Å²) >= 11 is 0. The van der Waals surface area contributed by atoms with Gasteiger partial charge < -0.3 is 14.5 Å². The SMILES string of the molecule is CCOc1cc(F)ccc1C(=O)N1CC2(CC(C(=O)N(C)c3ccccc3C(C)C)C2)C1. The Morgan fingerprint density at radius 1 is 1.19 bits per heavy atom. The van der Waals surface area contributed by atoms with Crippen LogP contribution in [-0.2, 0) is 4.79 Å². The fraction of sp³-hybridized carbons (Fsp3) is 0.462. The summed E-state index contributed by atoms with van der Waals surface area (Å²) in [4.78, 5) is 29.6. The minimum absolute atomic E-state index is 0.0118. The van der Waals surface area contributed by atoms with E-state index in [2.05, 4.69) is 19.9 Å². The zero-order valence-corrected chi connectivity index (χ0v) is 19.2. The van der Waals surface area contributed by atoms with Crippen LogP contribution in [0, 0.1) is 17.2 Å². The minimum Gasteiger partial charge on any atom is -0.493 e. The molecule has 170 valence electrons. The Morgan fingerprint density at radius 3 is 2.53 bits per heavy atom. The fourth-order valence-electron chi connectivity index (χ4n) is 5.12. The lowest BCUT2D eigenvalue weighted by Crippen LogP contribution is -2.65. The molecule has 0 unspecified atom stereocenters. The zero-order valence-electron chi connectivity index (χ0n) is 19.2. The molecule has 1 heterocycles. The Kier molecular flexibility index (Phi) is 5.97. The number of hydrogen-bond acceptors (Lipinski definition) is 3. The molecule has 1 spiro atoms. The van der Waals surface area contributed by atoms with E-state index in [1.165, 1.54) is 23.8 Å². The van der Waals surface area contributed by atoms with Crippen LogP contribution in [0.3, 0.4) is 0 Å². The van der Waals surface area contributed by atoms with Gasteiger partial charge in [-0.15, -0.1) is 0 Å². The molecule has 2 fully saturated rings. The summed E-state index contributed by atoms with van der Waals surface area (Å²) in [7, 11) is 1.86. The second-order valence-corrected chi connectivity index (χ2v) is 9.45. The number of rotatable bonds is 6. The number of hydrogen-bond donors (Lipinski definition) is 0. The van der Waals surface area contributed by atoms with Gasteiger partial charge in [-0.05, 0) is 49.4 Å². The van der Waals surface area contributed by atoms with Crippen molar-refractivity contribution in [2.75, 3.05) is 31.6 Å². The van der Waals surface area contributed by atoms with Gasteiger partial charge in [0.2, 0.25) is 5.91 Å². The third-order valence-electron chi connectivity index (χ3n) is 6.77. The lowest BCUT2D eigenvalue weighted by atomic mass is 9.57. The summed E-state index contributed by atoms with van der Waals surface area (Å²) in [6, 6.07) is 12.1. The van der Waals surface area contributed by atoms with E-state index in [-0.39, 0.29) is 28.9 Å². The van der Waals surface area contributed by atoms with Gasteiger partial charge in [-0.25, -0.2) is 4.39 Å². The van der Waals surface area contributed by atoms with E-state index < -0.39 is 5.82 Å².